The van der Waals surface area contributed by atoms with E-state index in [-0.39, 0.29) is 11.7 Å². The summed E-state index contributed by atoms with van der Waals surface area (Å²) < 4.78 is 38.7. The van der Waals surface area contributed by atoms with Crippen LogP contribution in [0.15, 0.2) is 36.4 Å². The van der Waals surface area contributed by atoms with E-state index in [1.807, 2.05) is 0 Å². The zero-order valence-electron chi connectivity index (χ0n) is 16.1. The van der Waals surface area contributed by atoms with Crippen LogP contribution in [0.1, 0.15) is 40.2 Å². The summed E-state index contributed by atoms with van der Waals surface area (Å²) in [6, 6.07) is 7.39. The Morgan fingerprint density at radius 3 is 2.19 bits per heavy atom. The van der Waals surface area contributed by atoms with Gasteiger partial charge in [0, 0.05) is 27.7 Å². The Kier molecular flexibility index (Phi) is 6.07. The number of alkyl halides is 5. The van der Waals surface area contributed by atoms with Gasteiger partial charge in [0.1, 0.15) is 4.33 Å². The maximum absolute atomic E-state index is 13.4. The number of amides is 2. The molecular weight excluding hydrogens is 511 g/mol. The average Bonchev–Trinajstić information content (AvgIpc) is 3.56. The highest BCUT2D eigenvalue weighted by Gasteiger charge is 2.67. The van der Waals surface area contributed by atoms with E-state index in [0.29, 0.717) is 28.5 Å². The molecule has 2 atom stereocenters. The van der Waals surface area contributed by atoms with Crippen molar-refractivity contribution in [2.45, 2.75) is 35.3 Å². The lowest BCUT2D eigenvalue weighted by atomic mass is 10.0. The van der Waals surface area contributed by atoms with Crippen molar-refractivity contribution in [1.82, 2.24) is 5.32 Å². The summed E-state index contributed by atoms with van der Waals surface area (Å²) in [5.74, 6) is -2.97. The molecule has 2 amide bonds. The smallest absolute Gasteiger partial charge is 0.349 e. The van der Waals surface area contributed by atoms with Gasteiger partial charge >= 0.3 is 6.18 Å². The summed E-state index contributed by atoms with van der Waals surface area (Å²) >= 11 is 24.6. The van der Waals surface area contributed by atoms with E-state index in [1.54, 1.807) is 12.1 Å². The first-order valence-electron chi connectivity index (χ1n) is 9.54. The minimum atomic E-state index is -4.73. The number of carbonyl (C=O) groups is 2. The maximum atomic E-state index is 13.4. The third kappa shape index (κ3) is 4.81. The zero-order valence-corrected chi connectivity index (χ0v) is 19.1. The van der Waals surface area contributed by atoms with E-state index in [2.05, 4.69) is 10.6 Å². The van der Waals surface area contributed by atoms with Crippen LogP contribution >= 0.6 is 46.4 Å². The van der Waals surface area contributed by atoms with Crippen LogP contribution in [-0.4, -0.2) is 22.2 Å². The average molecular weight is 526 g/mol. The van der Waals surface area contributed by atoms with Gasteiger partial charge in [0.25, 0.3) is 5.91 Å². The van der Waals surface area contributed by atoms with Crippen molar-refractivity contribution >= 4 is 63.9 Å². The zero-order chi connectivity index (χ0) is 23.4. The molecule has 32 heavy (non-hydrogen) atoms. The summed E-state index contributed by atoms with van der Waals surface area (Å²) in [5.41, 5.74) is -1.08. The highest BCUT2D eigenvalue weighted by atomic mass is 35.5. The van der Waals surface area contributed by atoms with E-state index in [4.69, 9.17) is 46.4 Å². The lowest BCUT2D eigenvalue weighted by molar-refractivity contribution is -0.137. The summed E-state index contributed by atoms with van der Waals surface area (Å²) in [7, 11) is 0. The van der Waals surface area contributed by atoms with Crippen LogP contribution in [0, 0.1) is 5.92 Å². The van der Waals surface area contributed by atoms with Crippen molar-refractivity contribution < 1.29 is 22.8 Å². The monoisotopic (exact) mass is 524 g/mol. The fourth-order valence-corrected chi connectivity index (χ4v) is 4.96. The van der Waals surface area contributed by atoms with Crippen molar-refractivity contribution in [1.29, 1.82) is 0 Å². The molecule has 0 aromatic heterocycles. The van der Waals surface area contributed by atoms with Crippen molar-refractivity contribution in [3.63, 3.8) is 0 Å². The fraction of sp³-hybridized carbons (Fsp3) is 0.333. The van der Waals surface area contributed by atoms with E-state index >= 15 is 0 Å². The van der Waals surface area contributed by atoms with Gasteiger partial charge in [-0.1, -0.05) is 23.2 Å². The first-order valence-corrected chi connectivity index (χ1v) is 11.1. The van der Waals surface area contributed by atoms with Crippen molar-refractivity contribution in [2.75, 3.05) is 5.32 Å². The van der Waals surface area contributed by atoms with Crippen LogP contribution in [0.25, 0.3) is 0 Å². The fourth-order valence-electron chi connectivity index (χ4n) is 3.59. The van der Waals surface area contributed by atoms with Gasteiger partial charge in [-0.15, -0.1) is 23.2 Å². The van der Waals surface area contributed by atoms with Crippen molar-refractivity contribution in [3.05, 3.63) is 63.1 Å². The molecule has 2 aliphatic carbocycles. The number of halogens is 7. The second kappa shape index (κ2) is 8.28. The van der Waals surface area contributed by atoms with Crippen LogP contribution in [-0.2, 0) is 11.0 Å². The second-order valence-electron chi connectivity index (χ2n) is 7.83. The van der Waals surface area contributed by atoms with Gasteiger partial charge < -0.3 is 10.6 Å². The Labute approximate surface area is 201 Å². The molecule has 0 radical (unpaired) electrons. The van der Waals surface area contributed by atoms with Crippen LogP contribution in [0.4, 0.5) is 18.9 Å². The van der Waals surface area contributed by atoms with E-state index in [1.165, 1.54) is 6.07 Å². The molecular formula is C21H15Cl4F3N2O2. The summed E-state index contributed by atoms with van der Waals surface area (Å²) in [5, 5.41) is 5.73. The minimum absolute atomic E-state index is 0.0165. The molecule has 0 aliphatic heterocycles. The number of nitrogens with one attached hydrogen (secondary N) is 2. The third-order valence-corrected chi connectivity index (χ3v) is 6.71. The van der Waals surface area contributed by atoms with E-state index in [0.717, 1.165) is 18.2 Å². The molecule has 2 aromatic rings. The largest absolute Gasteiger partial charge is 0.417 e. The van der Waals surface area contributed by atoms with Gasteiger partial charge in [0.15, 0.2) is 0 Å². The lowest BCUT2D eigenvalue weighted by Crippen LogP contribution is -2.28. The Bertz CT molecular complexity index is 1080. The molecule has 0 heterocycles. The maximum Gasteiger partial charge on any atom is 0.417 e. The van der Waals surface area contributed by atoms with Gasteiger partial charge in [0.05, 0.1) is 17.0 Å². The normalized spacial score (nSPS) is 21.7. The SMILES string of the molecule is O=C(NC1CC1)c1cc(NC(=O)C2C(c3cc(Cl)cc(Cl)c3)C2(Cl)Cl)ccc1C(F)(F)F. The molecule has 4 rings (SSSR count). The number of rotatable bonds is 5. The molecule has 11 heteroatoms. The van der Waals surface area contributed by atoms with Gasteiger partial charge in [0.2, 0.25) is 5.91 Å². The quantitative estimate of drug-likeness (QED) is 0.442. The molecule has 4 nitrogen and oxygen atoms in total. The minimum Gasteiger partial charge on any atom is -0.349 e. The predicted octanol–water partition coefficient (Wildman–Crippen LogP) is 6.43. The molecule has 2 fully saturated rings. The number of hydrogen-bond donors (Lipinski definition) is 2. The Morgan fingerprint density at radius 1 is 1.00 bits per heavy atom. The molecule has 2 aromatic carbocycles. The molecule has 0 saturated heterocycles. The number of carbonyl (C=O) groups excluding carboxylic acids is 2. The van der Waals surface area contributed by atoms with Crippen LogP contribution in [0.5, 0.6) is 0 Å². The Morgan fingerprint density at radius 2 is 1.62 bits per heavy atom. The number of benzene rings is 2. The number of anilines is 1. The third-order valence-electron chi connectivity index (χ3n) is 5.33. The second-order valence-corrected chi connectivity index (χ2v) is 10.1. The van der Waals surface area contributed by atoms with Gasteiger partial charge in [-0.3, -0.25) is 9.59 Å². The predicted molar refractivity (Wildman–Crippen MR) is 118 cm³/mol. The van der Waals surface area contributed by atoms with Crippen LogP contribution < -0.4 is 10.6 Å². The lowest BCUT2D eigenvalue weighted by Gasteiger charge is -2.15. The molecule has 170 valence electrons. The van der Waals surface area contributed by atoms with E-state index in [9.17, 15) is 22.8 Å². The summed E-state index contributed by atoms with van der Waals surface area (Å²) in [6.45, 7) is 0. The Balaban J connectivity index is 1.57. The molecule has 2 N–H and O–H groups in total. The van der Waals surface area contributed by atoms with Gasteiger partial charge in [-0.2, -0.15) is 13.2 Å². The molecule has 0 spiro atoms. The van der Waals surface area contributed by atoms with Crippen molar-refractivity contribution in [3.8, 4) is 0 Å². The first-order chi connectivity index (χ1) is 14.9. The molecule has 2 aliphatic rings. The molecule has 2 saturated carbocycles. The van der Waals surface area contributed by atoms with Crippen LogP contribution in [0.2, 0.25) is 10.0 Å². The standard InChI is InChI=1S/C21H15Cl4F3N2O2/c22-10-5-9(6-11(23)7-10)16-17(20(16,24)25)19(32)30-13-3-4-15(21(26,27)28)14(8-13)18(31)29-12-1-2-12/h3-8,12,16-17H,1-2H2,(H,29,31)(H,30,32). The highest BCUT2D eigenvalue weighted by molar-refractivity contribution is 6.53. The number of hydrogen-bond acceptors (Lipinski definition) is 2. The van der Waals surface area contributed by atoms with Gasteiger partial charge in [-0.25, -0.2) is 0 Å². The van der Waals surface area contributed by atoms with Crippen LogP contribution in [0.3, 0.4) is 0 Å². The highest BCUT2D eigenvalue weighted by Crippen LogP contribution is 2.65. The van der Waals surface area contributed by atoms with Crippen molar-refractivity contribution in [2.24, 2.45) is 5.92 Å². The van der Waals surface area contributed by atoms with E-state index < -0.39 is 45.3 Å². The molecule has 2 unspecified atom stereocenters. The Hall–Kier alpha value is -1.67. The summed E-state index contributed by atoms with van der Waals surface area (Å²) in [4.78, 5) is 25.2. The summed E-state index contributed by atoms with van der Waals surface area (Å²) in [6.07, 6.45) is -3.30. The van der Waals surface area contributed by atoms with Gasteiger partial charge in [-0.05, 0) is 54.8 Å². The molecule has 0 bridgehead atoms. The first kappa shape index (κ1) is 23.5. The topological polar surface area (TPSA) is 58.2 Å².